The number of halogens is 2. The van der Waals surface area contributed by atoms with E-state index in [1.807, 2.05) is 36.6 Å². The van der Waals surface area contributed by atoms with Crippen molar-refractivity contribution in [1.29, 1.82) is 0 Å². The maximum atomic E-state index is 10.3. The molecule has 0 aliphatic carbocycles. The van der Waals surface area contributed by atoms with Crippen LogP contribution in [0.5, 0.6) is 0 Å². The van der Waals surface area contributed by atoms with Crippen molar-refractivity contribution < 1.29 is 5.11 Å². The minimum atomic E-state index is -0.580. The standard InChI is InChI=1S/C12H10Br2OS/c1-7-2-3-9(13)8(6-7)11(15)12-10(14)4-5-16-12/h2-6,11,15H,1H3. The third kappa shape index (κ3) is 2.40. The van der Waals surface area contributed by atoms with Gasteiger partial charge < -0.3 is 5.11 Å². The maximum Gasteiger partial charge on any atom is 0.115 e. The third-order valence-electron chi connectivity index (χ3n) is 2.34. The summed E-state index contributed by atoms with van der Waals surface area (Å²) >= 11 is 8.46. The van der Waals surface area contributed by atoms with Crippen molar-refractivity contribution in [2.45, 2.75) is 13.0 Å². The fourth-order valence-corrected chi connectivity index (χ4v) is 3.57. The predicted molar refractivity (Wildman–Crippen MR) is 75.0 cm³/mol. The molecule has 0 fully saturated rings. The fourth-order valence-electron chi connectivity index (χ4n) is 1.51. The lowest BCUT2D eigenvalue weighted by Crippen LogP contribution is -1.99. The first kappa shape index (κ1) is 12.3. The van der Waals surface area contributed by atoms with Crippen LogP contribution < -0.4 is 0 Å². The maximum absolute atomic E-state index is 10.3. The molecule has 1 atom stereocenters. The van der Waals surface area contributed by atoms with Gasteiger partial charge in [-0.05, 0) is 40.4 Å². The minimum absolute atomic E-state index is 0.580. The Morgan fingerprint density at radius 3 is 2.56 bits per heavy atom. The van der Waals surface area contributed by atoms with Gasteiger partial charge in [0.25, 0.3) is 0 Å². The van der Waals surface area contributed by atoms with Crippen LogP contribution in [0.4, 0.5) is 0 Å². The van der Waals surface area contributed by atoms with Gasteiger partial charge in [0.1, 0.15) is 6.10 Å². The molecule has 1 aromatic heterocycles. The zero-order valence-electron chi connectivity index (χ0n) is 8.58. The highest BCUT2D eigenvalue weighted by Gasteiger charge is 2.17. The van der Waals surface area contributed by atoms with E-state index in [4.69, 9.17) is 0 Å². The summed E-state index contributed by atoms with van der Waals surface area (Å²) in [7, 11) is 0. The molecular formula is C12H10Br2OS. The van der Waals surface area contributed by atoms with E-state index in [0.29, 0.717) is 0 Å². The molecule has 1 heterocycles. The van der Waals surface area contributed by atoms with Crippen LogP contribution in [-0.4, -0.2) is 5.11 Å². The first-order chi connectivity index (χ1) is 7.59. The van der Waals surface area contributed by atoms with E-state index in [9.17, 15) is 5.11 Å². The summed E-state index contributed by atoms with van der Waals surface area (Å²) in [5.74, 6) is 0. The molecule has 4 heteroatoms. The first-order valence-corrected chi connectivity index (χ1v) is 7.23. The molecule has 1 nitrogen and oxygen atoms in total. The van der Waals surface area contributed by atoms with E-state index in [2.05, 4.69) is 31.9 Å². The Morgan fingerprint density at radius 2 is 1.94 bits per heavy atom. The molecule has 2 rings (SSSR count). The smallest absolute Gasteiger partial charge is 0.115 e. The number of hydrogen-bond acceptors (Lipinski definition) is 2. The van der Waals surface area contributed by atoms with Gasteiger partial charge in [-0.1, -0.05) is 33.6 Å². The SMILES string of the molecule is Cc1ccc(Br)c(C(O)c2sccc2Br)c1. The summed E-state index contributed by atoms with van der Waals surface area (Å²) < 4.78 is 1.89. The topological polar surface area (TPSA) is 20.2 Å². The monoisotopic (exact) mass is 360 g/mol. The molecule has 1 unspecified atom stereocenters. The molecule has 1 aromatic carbocycles. The molecule has 84 valence electrons. The number of aliphatic hydroxyl groups is 1. The highest BCUT2D eigenvalue weighted by molar-refractivity contribution is 9.10. The van der Waals surface area contributed by atoms with Crippen molar-refractivity contribution in [2.24, 2.45) is 0 Å². The number of hydrogen-bond donors (Lipinski definition) is 1. The summed E-state index contributed by atoms with van der Waals surface area (Å²) in [6.07, 6.45) is -0.580. The zero-order valence-corrected chi connectivity index (χ0v) is 12.6. The summed E-state index contributed by atoms with van der Waals surface area (Å²) in [6, 6.07) is 7.94. The number of thiophene rings is 1. The zero-order chi connectivity index (χ0) is 11.7. The first-order valence-electron chi connectivity index (χ1n) is 4.76. The molecule has 16 heavy (non-hydrogen) atoms. The molecule has 0 spiro atoms. The van der Waals surface area contributed by atoms with Crippen molar-refractivity contribution >= 4 is 43.2 Å². The van der Waals surface area contributed by atoms with Crippen LogP contribution in [0, 0.1) is 6.92 Å². The summed E-state index contributed by atoms with van der Waals surface area (Å²) in [5, 5.41) is 12.3. The molecule has 0 radical (unpaired) electrons. The Hall–Kier alpha value is -0.160. The highest BCUT2D eigenvalue weighted by atomic mass is 79.9. The van der Waals surface area contributed by atoms with Gasteiger partial charge in [0.05, 0.1) is 4.88 Å². The van der Waals surface area contributed by atoms with Crippen molar-refractivity contribution in [3.05, 3.63) is 54.6 Å². The number of aliphatic hydroxyl groups excluding tert-OH is 1. The van der Waals surface area contributed by atoms with Crippen LogP contribution in [0.1, 0.15) is 22.1 Å². The Bertz CT molecular complexity index is 507. The molecule has 1 N–H and O–H groups in total. The quantitative estimate of drug-likeness (QED) is 0.824. The van der Waals surface area contributed by atoms with Gasteiger partial charge in [-0.3, -0.25) is 0 Å². The second kappa shape index (κ2) is 5.00. The van der Waals surface area contributed by atoms with Gasteiger partial charge in [-0.25, -0.2) is 0 Å². The highest BCUT2D eigenvalue weighted by Crippen LogP contribution is 2.36. The minimum Gasteiger partial charge on any atom is -0.383 e. The van der Waals surface area contributed by atoms with Crippen LogP contribution in [0.2, 0.25) is 0 Å². The van der Waals surface area contributed by atoms with E-state index < -0.39 is 6.10 Å². The molecule has 0 aliphatic heterocycles. The Balaban J connectivity index is 2.45. The Morgan fingerprint density at radius 1 is 1.19 bits per heavy atom. The molecular weight excluding hydrogens is 352 g/mol. The molecule has 0 saturated heterocycles. The van der Waals surface area contributed by atoms with Gasteiger partial charge in [-0.2, -0.15) is 0 Å². The van der Waals surface area contributed by atoms with Gasteiger partial charge >= 0.3 is 0 Å². The molecule has 0 bridgehead atoms. The molecule has 0 aliphatic rings. The summed E-state index contributed by atoms with van der Waals surface area (Å²) in [4.78, 5) is 0.936. The average molecular weight is 362 g/mol. The van der Waals surface area contributed by atoms with Gasteiger partial charge in [0.15, 0.2) is 0 Å². The van der Waals surface area contributed by atoms with Crippen molar-refractivity contribution in [1.82, 2.24) is 0 Å². The summed E-state index contributed by atoms with van der Waals surface area (Å²) in [6.45, 7) is 2.02. The number of rotatable bonds is 2. The largest absolute Gasteiger partial charge is 0.383 e. The predicted octanol–water partition coefficient (Wildman–Crippen LogP) is 4.66. The second-order valence-corrected chi connectivity index (χ2v) is 6.22. The number of aryl methyl sites for hydroxylation is 1. The van der Waals surface area contributed by atoms with Crippen molar-refractivity contribution in [2.75, 3.05) is 0 Å². The van der Waals surface area contributed by atoms with E-state index in [1.165, 1.54) is 0 Å². The van der Waals surface area contributed by atoms with Gasteiger partial charge in [-0.15, -0.1) is 11.3 Å². The number of benzene rings is 1. The third-order valence-corrected chi connectivity index (χ3v) is 4.98. The van der Waals surface area contributed by atoms with Crippen LogP contribution in [0.25, 0.3) is 0 Å². The van der Waals surface area contributed by atoms with E-state index >= 15 is 0 Å². The van der Waals surface area contributed by atoms with Crippen LogP contribution in [-0.2, 0) is 0 Å². The summed E-state index contributed by atoms with van der Waals surface area (Å²) in [5.41, 5.74) is 2.05. The van der Waals surface area contributed by atoms with E-state index in [0.717, 1.165) is 24.9 Å². The van der Waals surface area contributed by atoms with Gasteiger partial charge in [0, 0.05) is 14.5 Å². The Labute approximate surface area is 115 Å². The normalized spacial score (nSPS) is 12.8. The van der Waals surface area contributed by atoms with Gasteiger partial charge in [0.2, 0.25) is 0 Å². The second-order valence-electron chi connectivity index (χ2n) is 3.56. The van der Waals surface area contributed by atoms with Crippen molar-refractivity contribution in [3.8, 4) is 0 Å². The average Bonchev–Trinajstić information content (AvgIpc) is 2.67. The molecule has 2 aromatic rings. The lowest BCUT2D eigenvalue weighted by atomic mass is 10.1. The van der Waals surface area contributed by atoms with Crippen LogP contribution in [0.15, 0.2) is 38.6 Å². The van der Waals surface area contributed by atoms with Crippen molar-refractivity contribution in [3.63, 3.8) is 0 Å². The lowest BCUT2D eigenvalue weighted by molar-refractivity contribution is 0.222. The fraction of sp³-hybridized carbons (Fsp3) is 0.167. The van der Waals surface area contributed by atoms with E-state index in [-0.39, 0.29) is 0 Å². The van der Waals surface area contributed by atoms with Crippen LogP contribution >= 0.6 is 43.2 Å². The van der Waals surface area contributed by atoms with E-state index in [1.54, 1.807) is 11.3 Å². The lowest BCUT2D eigenvalue weighted by Gasteiger charge is -2.12. The molecule has 0 amide bonds. The molecule has 0 saturated carbocycles. The van der Waals surface area contributed by atoms with Crippen LogP contribution in [0.3, 0.4) is 0 Å². The Kier molecular flexibility index (Phi) is 3.85.